The van der Waals surface area contributed by atoms with E-state index in [1.165, 1.54) is 0 Å². The third-order valence-electron chi connectivity index (χ3n) is 3.23. The van der Waals surface area contributed by atoms with E-state index in [4.69, 9.17) is 28.9 Å². The van der Waals surface area contributed by atoms with E-state index in [0.29, 0.717) is 13.1 Å². The van der Waals surface area contributed by atoms with Crippen molar-refractivity contribution in [1.82, 2.24) is 0 Å². The summed E-state index contributed by atoms with van der Waals surface area (Å²) in [6.07, 6.45) is 0.808. The number of hydrogen-bond acceptors (Lipinski definition) is 2. The van der Waals surface area contributed by atoms with Gasteiger partial charge in [0, 0.05) is 18.6 Å². The Kier molecular flexibility index (Phi) is 5.30. The smallest absolute Gasteiger partial charge is 0.0642 e. The average Bonchev–Trinajstić information content (AvgIpc) is 2.42. The monoisotopic (exact) mass is 308 g/mol. The van der Waals surface area contributed by atoms with Crippen LogP contribution in [0, 0.1) is 0 Å². The summed E-state index contributed by atoms with van der Waals surface area (Å²) in [5.74, 6) is 0. The highest BCUT2D eigenvalue weighted by atomic mass is 35.5. The van der Waals surface area contributed by atoms with Crippen LogP contribution in [0.4, 0.5) is 5.69 Å². The zero-order chi connectivity index (χ0) is 14.5. The fourth-order valence-electron chi connectivity index (χ4n) is 2.31. The number of hydrogen-bond donors (Lipinski definition) is 1. The minimum atomic E-state index is 0.604. The van der Waals surface area contributed by atoms with E-state index in [1.807, 2.05) is 43.4 Å². The molecule has 106 valence electrons. The first-order chi connectivity index (χ1) is 9.63. The van der Waals surface area contributed by atoms with E-state index >= 15 is 0 Å². The van der Waals surface area contributed by atoms with Crippen molar-refractivity contribution in [1.29, 1.82) is 0 Å². The van der Waals surface area contributed by atoms with Gasteiger partial charge in [0.2, 0.25) is 0 Å². The van der Waals surface area contributed by atoms with Crippen LogP contribution < -0.4 is 10.6 Å². The Morgan fingerprint density at radius 1 is 0.950 bits per heavy atom. The second kappa shape index (κ2) is 6.98. The van der Waals surface area contributed by atoms with Gasteiger partial charge in [-0.1, -0.05) is 53.5 Å². The maximum atomic E-state index is 6.35. The van der Waals surface area contributed by atoms with Crippen molar-refractivity contribution >= 4 is 28.9 Å². The standard InChI is InChI=1S/C16H18Cl2N2/c1-20(11-13-5-2-3-7-14(13)17)16-12(9-10-19)6-4-8-15(16)18/h2-8H,9-11,19H2,1H3. The summed E-state index contributed by atoms with van der Waals surface area (Å²) in [7, 11) is 2.02. The predicted molar refractivity (Wildman–Crippen MR) is 87.8 cm³/mol. The molecule has 2 aromatic rings. The number of anilines is 1. The van der Waals surface area contributed by atoms with Crippen LogP contribution >= 0.6 is 23.2 Å². The van der Waals surface area contributed by atoms with Crippen LogP contribution in [-0.2, 0) is 13.0 Å². The van der Waals surface area contributed by atoms with Gasteiger partial charge in [0.05, 0.1) is 10.7 Å². The van der Waals surface area contributed by atoms with Gasteiger partial charge in [-0.05, 0) is 36.2 Å². The molecule has 2 nitrogen and oxygen atoms in total. The first-order valence-electron chi connectivity index (χ1n) is 6.55. The fraction of sp³-hybridized carbons (Fsp3) is 0.250. The van der Waals surface area contributed by atoms with Gasteiger partial charge in [-0.25, -0.2) is 0 Å². The van der Waals surface area contributed by atoms with Gasteiger partial charge in [0.25, 0.3) is 0 Å². The molecule has 0 aliphatic rings. The molecule has 0 amide bonds. The van der Waals surface area contributed by atoms with E-state index in [0.717, 1.165) is 33.3 Å². The molecule has 0 aliphatic carbocycles. The minimum absolute atomic E-state index is 0.604. The van der Waals surface area contributed by atoms with E-state index in [1.54, 1.807) is 0 Å². The molecule has 0 saturated carbocycles. The SMILES string of the molecule is CN(Cc1ccccc1Cl)c1c(Cl)cccc1CCN. The topological polar surface area (TPSA) is 29.3 Å². The minimum Gasteiger partial charge on any atom is -0.369 e. The summed E-state index contributed by atoms with van der Waals surface area (Å²) >= 11 is 12.6. The second-order valence-electron chi connectivity index (χ2n) is 4.73. The van der Waals surface area contributed by atoms with Crippen molar-refractivity contribution in [3.05, 3.63) is 63.6 Å². The number of halogens is 2. The molecule has 0 heterocycles. The molecule has 0 unspecified atom stereocenters. The second-order valence-corrected chi connectivity index (χ2v) is 5.55. The lowest BCUT2D eigenvalue weighted by Gasteiger charge is -2.24. The molecule has 0 radical (unpaired) electrons. The Hall–Kier alpha value is -1.22. The van der Waals surface area contributed by atoms with E-state index in [9.17, 15) is 0 Å². The van der Waals surface area contributed by atoms with Gasteiger partial charge in [-0.2, -0.15) is 0 Å². The predicted octanol–water partition coefficient (Wildman–Crippen LogP) is 4.13. The summed E-state index contributed by atoms with van der Waals surface area (Å²) in [4.78, 5) is 2.12. The van der Waals surface area contributed by atoms with Gasteiger partial charge in [-0.3, -0.25) is 0 Å². The van der Waals surface area contributed by atoms with Crippen molar-refractivity contribution in [3.8, 4) is 0 Å². The first-order valence-corrected chi connectivity index (χ1v) is 7.31. The Morgan fingerprint density at radius 2 is 1.60 bits per heavy atom. The summed E-state index contributed by atoms with van der Waals surface area (Å²) in [5.41, 5.74) is 8.94. The molecule has 2 aromatic carbocycles. The van der Waals surface area contributed by atoms with Crippen LogP contribution in [0.25, 0.3) is 0 Å². The highest BCUT2D eigenvalue weighted by Gasteiger charge is 2.12. The van der Waals surface area contributed by atoms with Gasteiger partial charge in [-0.15, -0.1) is 0 Å². The number of nitrogens with zero attached hydrogens (tertiary/aromatic N) is 1. The van der Waals surface area contributed by atoms with Crippen LogP contribution in [0.3, 0.4) is 0 Å². The van der Waals surface area contributed by atoms with Crippen LogP contribution in [0.15, 0.2) is 42.5 Å². The molecule has 4 heteroatoms. The van der Waals surface area contributed by atoms with E-state index in [-0.39, 0.29) is 0 Å². The molecule has 0 atom stereocenters. The Bertz CT molecular complexity index is 584. The molecule has 0 fully saturated rings. The van der Waals surface area contributed by atoms with E-state index in [2.05, 4.69) is 11.0 Å². The lowest BCUT2D eigenvalue weighted by atomic mass is 10.1. The third-order valence-corrected chi connectivity index (χ3v) is 3.90. The van der Waals surface area contributed by atoms with Gasteiger partial charge < -0.3 is 10.6 Å². The van der Waals surface area contributed by atoms with Crippen molar-refractivity contribution < 1.29 is 0 Å². The van der Waals surface area contributed by atoms with Gasteiger partial charge >= 0.3 is 0 Å². The molecule has 0 saturated heterocycles. The van der Waals surface area contributed by atoms with Crippen molar-refractivity contribution in [3.63, 3.8) is 0 Å². The molecule has 20 heavy (non-hydrogen) atoms. The quantitative estimate of drug-likeness (QED) is 0.900. The number of nitrogens with two attached hydrogens (primary N) is 1. The highest BCUT2D eigenvalue weighted by Crippen LogP contribution is 2.31. The number of rotatable bonds is 5. The molecule has 0 bridgehead atoms. The summed E-state index contributed by atoms with van der Waals surface area (Å²) in [6.45, 7) is 1.31. The van der Waals surface area contributed by atoms with Crippen LogP contribution in [0.1, 0.15) is 11.1 Å². The van der Waals surface area contributed by atoms with Crippen molar-refractivity contribution in [2.24, 2.45) is 5.73 Å². The zero-order valence-corrected chi connectivity index (χ0v) is 13.0. The van der Waals surface area contributed by atoms with Crippen LogP contribution in [-0.4, -0.2) is 13.6 Å². The molecule has 2 N–H and O–H groups in total. The lowest BCUT2D eigenvalue weighted by molar-refractivity contribution is 0.893. The largest absolute Gasteiger partial charge is 0.369 e. The summed E-state index contributed by atoms with van der Waals surface area (Å²) < 4.78 is 0. The molecule has 0 aromatic heterocycles. The first kappa shape index (κ1) is 15.2. The average molecular weight is 309 g/mol. The molecular formula is C16H18Cl2N2. The molecule has 0 aliphatic heterocycles. The van der Waals surface area contributed by atoms with Crippen LogP contribution in [0.5, 0.6) is 0 Å². The third kappa shape index (κ3) is 3.45. The fourth-order valence-corrected chi connectivity index (χ4v) is 2.84. The summed E-state index contributed by atoms with van der Waals surface area (Å²) in [6, 6.07) is 13.8. The van der Waals surface area contributed by atoms with Gasteiger partial charge in [0.1, 0.15) is 0 Å². The number of benzene rings is 2. The normalized spacial score (nSPS) is 10.6. The Labute approximate surface area is 130 Å². The summed E-state index contributed by atoms with van der Waals surface area (Å²) in [5, 5.41) is 1.51. The number of para-hydroxylation sites is 1. The molecule has 0 spiro atoms. The Balaban J connectivity index is 2.29. The molecular weight excluding hydrogens is 291 g/mol. The molecule has 2 rings (SSSR count). The zero-order valence-electron chi connectivity index (χ0n) is 11.4. The maximum absolute atomic E-state index is 6.35. The van der Waals surface area contributed by atoms with Gasteiger partial charge in [0.15, 0.2) is 0 Å². The van der Waals surface area contributed by atoms with E-state index < -0.39 is 0 Å². The van der Waals surface area contributed by atoms with Crippen LogP contribution in [0.2, 0.25) is 10.0 Å². The van der Waals surface area contributed by atoms with Crippen molar-refractivity contribution in [2.45, 2.75) is 13.0 Å². The highest BCUT2D eigenvalue weighted by molar-refractivity contribution is 6.33. The maximum Gasteiger partial charge on any atom is 0.0642 e. The Morgan fingerprint density at radius 3 is 2.30 bits per heavy atom. The lowest BCUT2D eigenvalue weighted by Crippen LogP contribution is -2.19. The van der Waals surface area contributed by atoms with Crippen molar-refractivity contribution in [2.75, 3.05) is 18.5 Å².